The predicted molar refractivity (Wildman–Crippen MR) is 112 cm³/mol. The highest BCUT2D eigenvalue weighted by molar-refractivity contribution is 5.96. The summed E-state index contributed by atoms with van der Waals surface area (Å²) < 4.78 is 4.96. The van der Waals surface area contributed by atoms with Crippen molar-refractivity contribution in [1.82, 2.24) is 25.4 Å². The first-order valence-corrected chi connectivity index (χ1v) is 10.2. The average Bonchev–Trinajstić information content (AvgIpc) is 3.23. The molecule has 0 saturated carbocycles. The molecule has 162 valence electrons. The van der Waals surface area contributed by atoms with Gasteiger partial charge in [0.15, 0.2) is 0 Å². The summed E-state index contributed by atoms with van der Waals surface area (Å²) >= 11 is 0. The lowest BCUT2D eigenvalue weighted by Crippen LogP contribution is -2.40. The quantitative estimate of drug-likeness (QED) is 0.594. The van der Waals surface area contributed by atoms with Gasteiger partial charge in [0.25, 0.3) is 11.8 Å². The maximum atomic E-state index is 13.1. The third-order valence-electron chi connectivity index (χ3n) is 5.36. The number of nitrogens with zero attached hydrogens (tertiary/aromatic N) is 2. The van der Waals surface area contributed by atoms with E-state index in [1.807, 2.05) is 13.8 Å². The summed E-state index contributed by atoms with van der Waals surface area (Å²) in [7, 11) is 1.58. The molecule has 1 unspecified atom stereocenters. The van der Waals surface area contributed by atoms with Crippen LogP contribution >= 0.6 is 0 Å². The second-order valence-electron chi connectivity index (χ2n) is 7.88. The van der Waals surface area contributed by atoms with Gasteiger partial charge in [0.1, 0.15) is 0 Å². The van der Waals surface area contributed by atoms with E-state index in [9.17, 15) is 14.4 Å². The number of piperidine rings is 1. The molecular weight excluding hydrogens is 386 g/mol. The standard InChI is InChI=1S/C21H29N5O4/c1-13(2)17-9-15(10-18(27)24-17)21(29)26-7-4-5-14(12-26)19-16(11-23-25-19)20(28)22-6-8-30-3/h9-11,13-14H,4-8,12H2,1-3H3,(H,22,28)(H,23,25)(H,24,27). The molecule has 0 aromatic carbocycles. The molecule has 0 aliphatic carbocycles. The van der Waals surface area contributed by atoms with Crippen LogP contribution in [-0.2, 0) is 4.74 Å². The molecule has 1 aliphatic rings. The zero-order valence-electron chi connectivity index (χ0n) is 17.7. The molecule has 3 heterocycles. The number of H-pyrrole nitrogens is 2. The maximum absolute atomic E-state index is 13.1. The largest absolute Gasteiger partial charge is 0.383 e. The van der Waals surface area contributed by atoms with Crippen molar-refractivity contribution in [1.29, 1.82) is 0 Å². The topological polar surface area (TPSA) is 120 Å². The smallest absolute Gasteiger partial charge is 0.254 e. The monoisotopic (exact) mass is 415 g/mol. The maximum Gasteiger partial charge on any atom is 0.254 e. The van der Waals surface area contributed by atoms with Gasteiger partial charge in [-0.25, -0.2) is 0 Å². The van der Waals surface area contributed by atoms with Crippen molar-refractivity contribution in [3.8, 4) is 0 Å². The highest BCUT2D eigenvalue weighted by Crippen LogP contribution is 2.28. The minimum absolute atomic E-state index is 0.0278. The van der Waals surface area contributed by atoms with Gasteiger partial charge in [-0.05, 0) is 24.8 Å². The van der Waals surface area contributed by atoms with Crippen molar-refractivity contribution < 1.29 is 14.3 Å². The van der Waals surface area contributed by atoms with E-state index in [4.69, 9.17) is 4.74 Å². The summed E-state index contributed by atoms with van der Waals surface area (Å²) in [6, 6.07) is 3.10. The van der Waals surface area contributed by atoms with Crippen molar-refractivity contribution in [3.63, 3.8) is 0 Å². The zero-order chi connectivity index (χ0) is 21.7. The molecule has 2 amide bonds. The van der Waals surface area contributed by atoms with Gasteiger partial charge in [0.05, 0.1) is 24.1 Å². The van der Waals surface area contributed by atoms with E-state index in [0.717, 1.165) is 24.2 Å². The molecule has 2 aromatic rings. The Balaban J connectivity index is 1.75. The van der Waals surface area contributed by atoms with Gasteiger partial charge in [-0.3, -0.25) is 19.5 Å². The fraction of sp³-hybridized carbons (Fsp3) is 0.524. The molecule has 2 aromatic heterocycles. The number of ether oxygens (including phenoxy) is 1. The highest BCUT2D eigenvalue weighted by atomic mass is 16.5. The normalized spacial score (nSPS) is 16.7. The Hall–Kier alpha value is -2.94. The van der Waals surface area contributed by atoms with Crippen LogP contribution in [0.1, 0.15) is 70.6 Å². The number of likely N-dealkylation sites (tertiary alicyclic amines) is 1. The first-order valence-electron chi connectivity index (χ1n) is 10.2. The molecule has 0 bridgehead atoms. The van der Waals surface area contributed by atoms with Crippen LogP contribution in [-0.4, -0.2) is 65.2 Å². The van der Waals surface area contributed by atoms with Crippen LogP contribution in [0.25, 0.3) is 0 Å². The Kier molecular flexibility index (Phi) is 7.04. The van der Waals surface area contributed by atoms with Crippen LogP contribution in [0.2, 0.25) is 0 Å². The summed E-state index contributed by atoms with van der Waals surface area (Å²) in [5, 5.41) is 9.80. The summed E-state index contributed by atoms with van der Waals surface area (Å²) in [6.07, 6.45) is 3.17. The van der Waals surface area contributed by atoms with Crippen LogP contribution in [0.15, 0.2) is 23.1 Å². The van der Waals surface area contributed by atoms with E-state index in [1.165, 1.54) is 12.3 Å². The lowest BCUT2D eigenvalue weighted by atomic mass is 9.92. The zero-order valence-corrected chi connectivity index (χ0v) is 17.7. The molecule has 3 N–H and O–H groups in total. The number of nitrogens with one attached hydrogen (secondary N) is 3. The lowest BCUT2D eigenvalue weighted by molar-refractivity contribution is 0.0705. The minimum Gasteiger partial charge on any atom is -0.383 e. The van der Waals surface area contributed by atoms with E-state index in [-0.39, 0.29) is 29.2 Å². The second kappa shape index (κ2) is 9.71. The molecule has 1 fully saturated rings. The van der Waals surface area contributed by atoms with E-state index in [0.29, 0.717) is 37.4 Å². The highest BCUT2D eigenvalue weighted by Gasteiger charge is 2.29. The molecule has 1 atom stereocenters. The molecule has 3 rings (SSSR count). The number of methoxy groups -OCH3 is 1. The average molecular weight is 415 g/mol. The van der Waals surface area contributed by atoms with Crippen molar-refractivity contribution in [2.45, 2.75) is 38.5 Å². The van der Waals surface area contributed by atoms with Gasteiger partial charge >= 0.3 is 0 Å². The van der Waals surface area contributed by atoms with E-state index < -0.39 is 0 Å². The number of aromatic amines is 2. The Morgan fingerprint density at radius 2 is 2.17 bits per heavy atom. The number of carbonyl (C=O) groups excluding carboxylic acids is 2. The molecular formula is C21H29N5O4. The van der Waals surface area contributed by atoms with Gasteiger partial charge < -0.3 is 19.9 Å². The lowest BCUT2D eigenvalue weighted by Gasteiger charge is -2.32. The van der Waals surface area contributed by atoms with Crippen LogP contribution in [0.3, 0.4) is 0 Å². The number of hydrogen-bond donors (Lipinski definition) is 3. The number of pyridine rings is 1. The van der Waals surface area contributed by atoms with Crippen LogP contribution in [0, 0.1) is 0 Å². The van der Waals surface area contributed by atoms with Gasteiger partial charge in [-0.1, -0.05) is 13.8 Å². The Morgan fingerprint density at radius 1 is 1.37 bits per heavy atom. The van der Waals surface area contributed by atoms with E-state index in [2.05, 4.69) is 20.5 Å². The number of amides is 2. The number of carbonyl (C=O) groups is 2. The summed E-state index contributed by atoms with van der Waals surface area (Å²) in [4.78, 5) is 42.1. The number of hydrogen-bond acceptors (Lipinski definition) is 5. The number of rotatable bonds is 7. The number of aromatic nitrogens is 3. The first kappa shape index (κ1) is 21.8. The van der Waals surface area contributed by atoms with Gasteiger partial charge in [0.2, 0.25) is 5.56 Å². The fourth-order valence-electron chi connectivity index (χ4n) is 3.73. The van der Waals surface area contributed by atoms with Gasteiger partial charge in [-0.2, -0.15) is 5.10 Å². The van der Waals surface area contributed by atoms with Crippen LogP contribution < -0.4 is 10.9 Å². The van der Waals surface area contributed by atoms with Gasteiger partial charge in [-0.15, -0.1) is 0 Å². The third kappa shape index (κ3) is 4.96. The van der Waals surface area contributed by atoms with E-state index in [1.54, 1.807) is 18.1 Å². The third-order valence-corrected chi connectivity index (χ3v) is 5.36. The van der Waals surface area contributed by atoms with Crippen molar-refractivity contribution in [2.75, 3.05) is 33.4 Å². The molecule has 9 nitrogen and oxygen atoms in total. The summed E-state index contributed by atoms with van der Waals surface area (Å²) in [5.74, 6) is -0.294. The molecule has 9 heteroatoms. The minimum atomic E-state index is -0.276. The summed E-state index contributed by atoms with van der Waals surface area (Å²) in [6.45, 7) is 5.85. The van der Waals surface area contributed by atoms with Crippen molar-refractivity contribution in [2.24, 2.45) is 0 Å². The SMILES string of the molecule is COCCNC(=O)c1cn[nH]c1C1CCCN(C(=O)c2cc(C(C)C)[nH]c(=O)c2)C1. The molecule has 0 radical (unpaired) electrons. The predicted octanol–water partition coefficient (Wildman–Crippen LogP) is 1.62. The molecule has 1 aliphatic heterocycles. The Morgan fingerprint density at radius 3 is 2.90 bits per heavy atom. The molecule has 30 heavy (non-hydrogen) atoms. The van der Waals surface area contributed by atoms with Crippen molar-refractivity contribution in [3.05, 3.63) is 51.2 Å². The van der Waals surface area contributed by atoms with E-state index >= 15 is 0 Å². The van der Waals surface area contributed by atoms with Gasteiger partial charge in [0, 0.05) is 50.0 Å². The van der Waals surface area contributed by atoms with Crippen LogP contribution in [0.4, 0.5) is 0 Å². The first-order chi connectivity index (χ1) is 14.4. The van der Waals surface area contributed by atoms with Crippen LogP contribution in [0.5, 0.6) is 0 Å². The fourth-order valence-corrected chi connectivity index (χ4v) is 3.73. The second-order valence-corrected chi connectivity index (χ2v) is 7.88. The molecule has 0 spiro atoms. The van der Waals surface area contributed by atoms with Crippen molar-refractivity contribution >= 4 is 11.8 Å². The Labute approximate surface area is 175 Å². The summed E-state index contributed by atoms with van der Waals surface area (Å²) in [5.41, 5.74) is 2.08. The Bertz CT molecular complexity index is 949. The molecule has 1 saturated heterocycles.